The quantitative estimate of drug-likeness (QED) is 0.293. The van der Waals surface area contributed by atoms with Crippen molar-refractivity contribution in [1.29, 1.82) is 0 Å². The minimum atomic E-state index is -1.26. The fraction of sp³-hybridized carbons (Fsp3) is 0.615. The number of fused-ring (bicyclic) bond motifs is 2. The fourth-order valence-corrected chi connectivity index (χ4v) is 13.3. The summed E-state index contributed by atoms with van der Waals surface area (Å²) in [7, 11) is -3.24. The predicted octanol–water partition coefficient (Wildman–Crippen LogP) is 7.83. The summed E-state index contributed by atoms with van der Waals surface area (Å²) in [6.45, 7) is 17.4. The monoisotopic (exact) mass is 486 g/mol. The first-order valence-electron chi connectivity index (χ1n) is 12.5. The molecule has 4 rings (SSSR count). The number of nitrogens with zero attached hydrogens (tertiary/aromatic N) is 2. The molecule has 2 aromatic rings. The molecule has 1 saturated heterocycles. The van der Waals surface area contributed by atoms with Crippen molar-refractivity contribution in [2.75, 3.05) is 12.3 Å². The van der Waals surface area contributed by atoms with Crippen molar-refractivity contribution in [3.8, 4) is 0 Å². The molecule has 3 nitrogen and oxygen atoms in total. The maximum atomic E-state index is 7.18. The lowest BCUT2D eigenvalue weighted by Crippen LogP contribution is -2.46. The van der Waals surface area contributed by atoms with Crippen LogP contribution in [0.1, 0.15) is 44.3 Å². The van der Waals surface area contributed by atoms with Crippen LogP contribution in [-0.4, -0.2) is 49.9 Å². The molecular formula is C26H43N2OPSi2. The topological polar surface area (TPSA) is 15.7 Å². The van der Waals surface area contributed by atoms with Gasteiger partial charge in [-0.1, -0.05) is 94.6 Å². The fourth-order valence-electron chi connectivity index (χ4n) is 5.44. The van der Waals surface area contributed by atoms with Gasteiger partial charge in [0.15, 0.2) is 8.45 Å². The Hall–Kier alpha value is -0.556. The molecular weight excluding hydrogens is 443 g/mol. The molecule has 1 aliphatic carbocycles. The average Bonchev–Trinajstić information content (AvgIpc) is 2.98. The van der Waals surface area contributed by atoms with Gasteiger partial charge in [-0.3, -0.25) is 0 Å². The lowest BCUT2D eigenvalue weighted by Gasteiger charge is -2.37. The van der Waals surface area contributed by atoms with Crippen LogP contribution >= 0.6 is 8.45 Å². The normalized spacial score (nSPS) is 24.7. The van der Waals surface area contributed by atoms with Crippen LogP contribution in [-0.2, 0) is 4.52 Å². The molecule has 2 aliphatic rings. The maximum absolute atomic E-state index is 7.18. The Kier molecular flexibility index (Phi) is 7.37. The zero-order chi connectivity index (χ0) is 23.1. The Bertz CT molecular complexity index is 889. The van der Waals surface area contributed by atoms with Crippen LogP contribution < -0.4 is 0 Å². The van der Waals surface area contributed by atoms with Gasteiger partial charge in [-0.15, -0.1) is 0 Å². The number of benzene rings is 2. The first-order valence-corrected chi connectivity index (χ1v) is 21.1. The highest BCUT2D eigenvalue weighted by Crippen LogP contribution is 2.60. The van der Waals surface area contributed by atoms with Gasteiger partial charge in [0.1, 0.15) is 0 Å². The lowest BCUT2D eigenvalue weighted by atomic mass is 9.90. The number of rotatable bonds is 7. The Morgan fingerprint density at radius 3 is 1.94 bits per heavy atom. The van der Waals surface area contributed by atoms with E-state index in [2.05, 4.69) is 98.0 Å². The van der Waals surface area contributed by atoms with Gasteiger partial charge in [0.25, 0.3) is 0 Å². The van der Waals surface area contributed by atoms with E-state index in [-0.39, 0.29) is 6.10 Å². The van der Waals surface area contributed by atoms with E-state index in [1.807, 2.05) is 0 Å². The van der Waals surface area contributed by atoms with Crippen LogP contribution in [0, 0.1) is 0 Å². The van der Waals surface area contributed by atoms with Gasteiger partial charge in [0, 0.05) is 12.1 Å². The van der Waals surface area contributed by atoms with Gasteiger partial charge in [-0.05, 0) is 48.4 Å². The van der Waals surface area contributed by atoms with Crippen molar-refractivity contribution in [2.45, 2.75) is 90.1 Å². The smallest absolute Gasteiger partial charge is 0.188 e. The zero-order valence-corrected chi connectivity index (χ0v) is 24.2. The Morgan fingerprint density at radius 2 is 1.38 bits per heavy atom. The van der Waals surface area contributed by atoms with Crippen molar-refractivity contribution < 1.29 is 4.52 Å². The summed E-state index contributed by atoms with van der Waals surface area (Å²) in [5.74, 6) is 0. The van der Waals surface area contributed by atoms with E-state index < -0.39 is 24.6 Å². The second-order valence-corrected chi connectivity index (χ2v) is 24.9. The Labute approximate surface area is 199 Å². The highest BCUT2D eigenvalue weighted by Gasteiger charge is 2.51. The van der Waals surface area contributed by atoms with Crippen molar-refractivity contribution in [2.24, 2.45) is 0 Å². The highest BCUT2D eigenvalue weighted by molar-refractivity contribution is 7.48. The van der Waals surface area contributed by atoms with E-state index in [1.165, 1.54) is 54.4 Å². The zero-order valence-electron chi connectivity index (χ0n) is 21.3. The summed E-state index contributed by atoms with van der Waals surface area (Å²) in [6.07, 6.45) is 8.07. The van der Waals surface area contributed by atoms with Gasteiger partial charge in [0.05, 0.1) is 22.3 Å². The molecule has 1 heterocycles. The van der Waals surface area contributed by atoms with Crippen molar-refractivity contribution in [3.63, 3.8) is 0 Å². The number of hydrogen-bond donors (Lipinski definition) is 0. The van der Waals surface area contributed by atoms with Gasteiger partial charge in [-0.25, -0.2) is 9.34 Å². The van der Waals surface area contributed by atoms with Gasteiger partial charge < -0.3 is 4.52 Å². The van der Waals surface area contributed by atoms with Crippen LogP contribution in [0.2, 0.25) is 39.3 Å². The van der Waals surface area contributed by atoms with Crippen LogP contribution in [0.25, 0.3) is 10.8 Å². The second-order valence-electron chi connectivity index (χ2n) is 12.3. The van der Waals surface area contributed by atoms with Gasteiger partial charge in [-0.2, -0.15) is 0 Å². The molecule has 176 valence electrons. The maximum Gasteiger partial charge on any atom is 0.188 e. The van der Waals surface area contributed by atoms with Gasteiger partial charge in [0.2, 0.25) is 0 Å². The van der Waals surface area contributed by atoms with Gasteiger partial charge >= 0.3 is 0 Å². The van der Waals surface area contributed by atoms with Crippen molar-refractivity contribution in [1.82, 2.24) is 9.34 Å². The van der Waals surface area contributed by atoms with E-state index in [1.54, 1.807) is 0 Å². The molecule has 0 bridgehead atoms. The standard InChI is InChI=1S/C26H43N2OPSi2/c1-21(23-16-12-14-22-13-8-9-15-24(22)23)29-30-27(19-31(2,3)4)25-17-10-11-18-26(25)28(30)20-32(5,6)7/h8-9,12-16,21,25-26H,10-11,17-20H2,1-7H3/t21-,25+,26+/m0/s1. The third-order valence-corrected chi connectivity index (χ3v) is 12.1. The molecule has 1 aliphatic heterocycles. The first kappa shape index (κ1) is 24.6. The van der Waals surface area contributed by atoms with E-state index in [4.69, 9.17) is 4.52 Å². The molecule has 0 radical (unpaired) electrons. The molecule has 0 aromatic heterocycles. The number of hydrogen-bond acceptors (Lipinski definition) is 3. The highest BCUT2D eigenvalue weighted by atomic mass is 31.2. The minimum Gasteiger partial charge on any atom is -0.323 e. The second kappa shape index (κ2) is 9.60. The molecule has 6 heteroatoms. The Morgan fingerprint density at radius 1 is 0.844 bits per heavy atom. The van der Waals surface area contributed by atoms with E-state index >= 15 is 0 Å². The molecule has 2 fully saturated rings. The average molecular weight is 487 g/mol. The van der Waals surface area contributed by atoms with E-state index in [0.717, 1.165) is 0 Å². The lowest BCUT2D eigenvalue weighted by molar-refractivity contribution is 0.221. The molecule has 0 amide bonds. The van der Waals surface area contributed by atoms with Crippen LogP contribution in [0.3, 0.4) is 0 Å². The minimum absolute atomic E-state index is 0.0978. The van der Waals surface area contributed by atoms with Crippen LogP contribution in [0.4, 0.5) is 0 Å². The summed E-state index contributed by atoms with van der Waals surface area (Å²) in [5.41, 5.74) is 1.33. The molecule has 2 aromatic carbocycles. The van der Waals surface area contributed by atoms with E-state index in [0.29, 0.717) is 12.1 Å². The Balaban J connectivity index is 1.69. The predicted molar refractivity (Wildman–Crippen MR) is 147 cm³/mol. The summed E-state index contributed by atoms with van der Waals surface area (Å²) >= 11 is 0. The van der Waals surface area contributed by atoms with Crippen LogP contribution in [0.5, 0.6) is 0 Å². The van der Waals surface area contributed by atoms with E-state index in [9.17, 15) is 0 Å². The van der Waals surface area contributed by atoms with Crippen molar-refractivity contribution >= 4 is 35.4 Å². The largest absolute Gasteiger partial charge is 0.323 e. The SMILES string of the molecule is C[C@H](OP1N(C[Si](C)(C)C)[C@@H]2CCCC[C@H]2N1C[Si](C)(C)C)c1cccc2ccccc12. The molecule has 3 atom stereocenters. The molecule has 0 unspecified atom stereocenters. The summed E-state index contributed by atoms with van der Waals surface area (Å²) in [6, 6.07) is 16.8. The molecule has 32 heavy (non-hydrogen) atoms. The molecule has 1 saturated carbocycles. The third kappa shape index (κ3) is 5.56. The van der Waals surface area contributed by atoms with Crippen LogP contribution in [0.15, 0.2) is 42.5 Å². The third-order valence-electron chi connectivity index (χ3n) is 6.69. The first-order chi connectivity index (χ1) is 15.0. The summed E-state index contributed by atoms with van der Waals surface area (Å²) in [4.78, 5) is 0. The van der Waals surface area contributed by atoms with Crippen molar-refractivity contribution in [3.05, 3.63) is 48.0 Å². The molecule has 0 N–H and O–H groups in total. The summed E-state index contributed by atoms with van der Waals surface area (Å²) < 4.78 is 12.9. The summed E-state index contributed by atoms with van der Waals surface area (Å²) in [5, 5.41) is 2.65. The molecule has 0 spiro atoms.